The maximum Gasteiger partial charge on any atom is 0.306 e. The Kier molecular flexibility index (Phi) is 5.46. The first-order valence-electron chi connectivity index (χ1n) is 8.23. The number of rotatable bonds is 4. The first-order chi connectivity index (χ1) is 12.8. The van der Waals surface area contributed by atoms with Crippen molar-refractivity contribution in [3.05, 3.63) is 59.4 Å². The van der Waals surface area contributed by atoms with Crippen molar-refractivity contribution in [3.63, 3.8) is 0 Å². The molecule has 5 nitrogen and oxygen atoms in total. The van der Waals surface area contributed by atoms with Crippen LogP contribution in [0, 0.1) is 17.5 Å². The Labute approximate surface area is 153 Å². The fourth-order valence-corrected chi connectivity index (χ4v) is 2.93. The fourth-order valence-electron chi connectivity index (χ4n) is 2.93. The Morgan fingerprint density at radius 2 is 1.70 bits per heavy atom. The number of amides is 1. The highest BCUT2D eigenvalue weighted by Crippen LogP contribution is 2.24. The second-order valence-electron chi connectivity index (χ2n) is 6.17. The maximum atomic E-state index is 13.4. The molecule has 0 radical (unpaired) electrons. The van der Waals surface area contributed by atoms with Gasteiger partial charge < -0.3 is 14.7 Å². The lowest BCUT2D eigenvalue weighted by Gasteiger charge is -2.32. The largest absolute Gasteiger partial charge is 0.481 e. The lowest BCUT2D eigenvalue weighted by molar-refractivity contribution is -0.141. The number of ether oxygens (including phenoxy) is 1. The molecule has 1 N–H and O–H groups in total. The van der Waals surface area contributed by atoms with Crippen molar-refractivity contribution in [2.75, 3.05) is 19.7 Å². The summed E-state index contributed by atoms with van der Waals surface area (Å²) in [4.78, 5) is 24.9. The number of carboxylic acid groups (broad SMARTS) is 1. The molecule has 1 aliphatic rings. The number of hydrogen-bond acceptors (Lipinski definition) is 3. The molecule has 0 bridgehead atoms. The van der Waals surface area contributed by atoms with E-state index in [0.717, 1.165) is 12.1 Å². The third-order valence-electron chi connectivity index (χ3n) is 4.28. The molecule has 8 heteroatoms. The van der Waals surface area contributed by atoms with Crippen LogP contribution in [0.1, 0.15) is 16.8 Å². The van der Waals surface area contributed by atoms with Crippen LogP contribution in [0.2, 0.25) is 0 Å². The number of aliphatic carboxylic acids is 1. The molecule has 1 heterocycles. The molecular formula is C19H16F3NO4. The number of benzene rings is 2. The van der Waals surface area contributed by atoms with Gasteiger partial charge in [0.05, 0.1) is 19.1 Å². The van der Waals surface area contributed by atoms with Crippen LogP contribution in [-0.2, 0) is 9.53 Å². The number of carbonyl (C=O) groups is 2. The fraction of sp³-hybridized carbons (Fsp3) is 0.263. The van der Waals surface area contributed by atoms with E-state index in [1.807, 2.05) is 0 Å². The van der Waals surface area contributed by atoms with Crippen LogP contribution in [0.4, 0.5) is 13.2 Å². The maximum absolute atomic E-state index is 13.4. The minimum absolute atomic E-state index is 0.151. The van der Waals surface area contributed by atoms with E-state index in [2.05, 4.69) is 0 Å². The molecule has 142 valence electrons. The monoisotopic (exact) mass is 379 g/mol. The van der Waals surface area contributed by atoms with Gasteiger partial charge in [-0.15, -0.1) is 0 Å². The van der Waals surface area contributed by atoms with E-state index in [0.29, 0.717) is 17.7 Å². The molecule has 1 amide bonds. The highest BCUT2D eigenvalue weighted by molar-refractivity contribution is 5.94. The van der Waals surface area contributed by atoms with Crippen LogP contribution >= 0.6 is 0 Å². The van der Waals surface area contributed by atoms with Gasteiger partial charge in [0.25, 0.3) is 5.91 Å². The van der Waals surface area contributed by atoms with Crippen LogP contribution < -0.4 is 0 Å². The van der Waals surface area contributed by atoms with Crippen molar-refractivity contribution in [2.24, 2.45) is 0 Å². The second kappa shape index (κ2) is 7.79. The number of hydrogen-bond donors (Lipinski definition) is 1. The predicted molar refractivity (Wildman–Crippen MR) is 89.6 cm³/mol. The zero-order valence-electron chi connectivity index (χ0n) is 14.1. The molecule has 0 saturated carbocycles. The van der Waals surface area contributed by atoms with Crippen molar-refractivity contribution in [3.8, 4) is 11.1 Å². The molecule has 3 rings (SSSR count). The van der Waals surface area contributed by atoms with E-state index < -0.39 is 29.5 Å². The molecule has 1 atom stereocenters. The van der Waals surface area contributed by atoms with Crippen LogP contribution in [-0.4, -0.2) is 47.7 Å². The van der Waals surface area contributed by atoms with Crippen molar-refractivity contribution in [2.45, 2.75) is 12.5 Å². The minimum Gasteiger partial charge on any atom is -0.481 e. The van der Waals surface area contributed by atoms with Gasteiger partial charge in [-0.1, -0.05) is 12.1 Å². The third kappa shape index (κ3) is 4.28. The van der Waals surface area contributed by atoms with Crippen molar-refractivity contribution in [1.82, 2.24) is 4.90 Å². The Balaban J connectivity index is 1.75. The summed E-state index contributed by atoms with van der Waals surface area (Å²) in [5.74, 6) is -5.41. The molecule has 1 fully saturated rings. The average molecular weight is 379 g/mol. The highest BCUT2D eigenvalue weighted by atomic mass is 19.2. The lowest BCUT2D eigenvalue weighted by atomic mass is 10.0. The molecule has 0 aliphatic carbocycles. The summed E-state index contributed by atoms with van der Waals surface area (Å²) in [5.41, 5.74) is 0.922. The van der Waals surface area contributed by atoms with E-state index in [1.54, 1.807) is 0 Å². The molecule has 1 saturated heterocycles. The van der Waals surface area contributed by atoms with Gasteiger partial charge in [-0.3, -0.25) is 9.59 Å². The Morgan fingerprint density at radius 1 is 1.07 bits per heavy atom. The van der Waals surface area contributed by atoms with Gasteiger partial charge in [0.1, 0.15) is 0 Å². The Bertz CT molecular complexity index is 847. The quantitative estimate of drug-likeness (QED) is 0.829. The molecule has 2 aromatic rings. The van der Waals surface area contributed by atoms with Gasteiger partial charge in [0.15, 0.2) is 17.5 Å². The van der Waals surface area contributed by atoms with Gasteiger partial charge in [0.2, 0.25) is 0 Å². The van der Waals surface area contributed by atoms with E-state index in [9.17, 15) is 22.8 Å². The van der Waals surface area contributed by atoms with E-state index in [-0.39, 0.29) is 31.0 Å². The van der Waals surface area contributed by atoms with Crippen LogP contribution in [0.3, 0.4) is 0 Å². The van der Waals surface area contributed by atoms with Crippen LogP contribution in [0.25, 0.3) is 11.1 Å². The Morgan fingerprint density at radius 3 is 2.30 bits per heavy atom. The van der Waals surface area contributed by atoms with Crippen LogP contribution in [0.15, 0.2) is 36.4 Å². The number of nitrogens with zero attached hydrogens (tertiary/aromatic N) is 1. The number of carbonyl (C=O) groups excluding carboxylic acids is 1. The molecule has 2 aromatic carbocycles. The highest BCUT2D eigenvalue weighted by Gasteiger charge is 2.26. The second-order valence-corrected chi connectivity index (χ2v) is 6.17. The van der Waals surface area contributed by atoms with E-state index in [4.69, 9.17) is 9.84 Å². The van der Waals surface area contributed by atoms with Crippen molar-refractivity contribution in [1.29, 1.82) is 0 Å². The topological polar surface area (TPSA) is 66.8 Å². The zero-order chi connectivity index (χ0) is 19.6. The van der Waals surface area contributed by atoms with E-state index >= 15 is 0 Å². The first-order valence-corrected chi connectivity index (χ1v) is 8.23. The molecule has 1 aliphatic heterocycles. The molecular weight excluding hydrogens is 363 g/mol. The smallest absolute Gasteiger partial charge is 0.306 e. The van der Waals surface area contributed by atoms with Gasteiger partial charge in [-0.05, 0) is 35.4 Å². The normalized spacial score (nSPS) is 17.0. The summed E-state index contributed by atoms with van der Waals surface area (Å²) in [7, 11) is 0. The summed E-state index contributed by atoms with van der Waals surface area (Å²) in [6.07, 6.45) is -0.755. The standard InChI is InChI=1S/C19H16F3NO4/c20-15-7-13(8-16(21)18(15)22)11-1-3-12(4-2-11)19(26)23-5-6-27-14(10-23)9-17(24)25/h1-4,7-8,14H,5-6,9-10H2,(H,24,25)/t14-/m0/s1. The van der Waals surface area contributed by atoms with Crippen molar-refractivity contribution < 1.29 is 32.6 Å². The number of morpholine rings is 1. The van der Waals surface area contributed by atoms with Crippen LogP contribution in [0.5, 0.6) is 0 Å². The average Bonchev–Trinajstić information content (AvgIpc) is 2.65. The summed E-state index contributed by atoms with van der Waals surface area (Å²) in [5, 5.41) is 8.84. The molecule has 0 spiro atoms. The van der Waals surface area contributed by atoms with E-state index in [1.165, 1.54) is 29.2 Å². The molecule has 0 aromatic heterocycles. The van der Waals surface area contributed by atoms with Gasteiger partial charge in [-0.25, -0.2) is 13.2 Å². The summed E-state index contributed by atoms with van der Waals surface area (Å²) < 4.78 is 45.2. The van der Waals surface area contributed by atoms with Gasteiger partial charge in [-0.2, -0.15) is 0 Å². The predicted octanol–water partition coefficient (Wildman–Crippen LogP) is 3.09. The SMILES string of the molecule is O=C(O)C[C@H]1CN(C(=O)c2ccc(-c3cc(F)c(F)c(F)c3)cc2)CCO1. The lowest BCUT2D eigenvalue weighted by Crippen LogP contribution is -2.46. The Hall–Kier alpha value is -2.87. The molecule has 27 heavy (non-hydrogen) atoms. The summed E-state index contributed by atoms with van der Waals surface area (Å²) >= 11 is 0. The van der Waals surface area contributed by atoms with Crippen molar-refractivity contribution >= 4 is 11.9 Å². The van der Waals surface area contributed by atoms with Gasteiger partial charge in [0, 0.05) is 18.7 Å². The number of halogens is 3. The molecule has 0 unspecified atom stereocenters. The minimum atomic E-state index is -1.53. The third-order valence-corrected chi connectivity index (χ3v) is 4.28. The van der Waals surface area contributed by atoms with Gasteiger partial charge >= 0.3 is 5.97 Å². The number of carboxylic acids is 1. The zero-order valence-corrected chi connectivity index (χ0v) is 14.1. The summed E-state index contributed by atoms with van der Waals surface area (Å²) in [6.45, 7) is 0.752. The first kappa shape index (κ1) is 18.9. The summed E-state index contributed by atoms with van der Waals surface area (Å²) in [6, 6.07) is 7.78.